The highest BCUT2D eigenvalue weighted by Gasteiger charge is 2.45. The SMILES string of the molecule is COc1cc(N2CCC(N3CCN(C(=O)CCOCCOCCNc4cccc5c4C(=O)N(C4CCC(=O)NC4=O)C5=O)CC3)CC2)ccc1Nc1ncc(Cl)c(Nc2ccccc2S(=O)(=O)C(C)C)n1. The number of piperidine rings is 2. The summed E-state index contributed by atoms with van der Waals surface area (Å²) in [5.41, 5.74) is 2.89. The first-order valence-electron chi connectivity index (χ1n) is 23.8. The number of benzene rings is 3. The predicted molar refractivity (Wildman–Crippen MR) is 267 cm³/mol. The Kier molecular flexibility index (Phi) is 16.4. The Morgan fingerprint density at radius 1 is 0.845 bits per heavy atom. The van der Waals surface area contributed by atoms with Crippen LogP contribution >= 0.6 is 11.6 Å². The van der Waals surface area contributed by atoms with Gasteiger partial charge in [0.1, 0.15) is 16.8 Å². The summed E-state index contributed by atoms with van der Waals surface area (Å²) in [5, 5.41) is 11.3. The van der Waals surface area contributed by atoms with E-state index in [1.54, 1.807) is 63.4 Å². The Balaban J connectivity index is 0.714. The molecule has 3 saturated heterocycles. The molecule has 3 fully saturated rings. The van der Waals surface area contributed by atoms with Gasteiger partial charge in [-0.1, -0.05) is 29.8 Å². The first kappa shape index (κ1) is 51.0. The maximum absolute atomic E-state index is 13.3. The number of piperazine rings is 1. The first-order chi connectivity index (χ1) is 34.2. The number of nitrogens with one attached hydrogen (secondary N) is 4. The number of carbonyl (C=O) groups excluding carboxylic acids is 5. The molecule has 1 atom stereocenters. The quantitative estimate of drug-likeness (QED) is 0.0684. The third-order valence-electron chi connectivity index (χ3n) is 13.1. The number of ether oxygens (including phenoxy) is 3. The molecule has 22 heteroatoms. The van der Waals surface area contributed by atoms with E-state index in [0.29, 0.717) is 68.3 Å². The topological polar surface area (TPSA) is 234 Å². The molecule has 378 valence electrons. The molecule has 5 amide bonds. The van der Waals surface area contributed by atoms with Crippen molar-refractivity contribution >= 4 is 85.5 Å². The summed E-state index contributed by atoms with van der Waals surface area (Å²) >= 11 is 6.46. The van der Waals surface area contributed by atoms with Crippen molar-refractivity contribution in [1.82, 2.24) is 30.0 Å². The molecule has 0 saturated carbocycles. The fourth-order valence-corrected chi connectivity index (χ4v) is 10.5. The second-order valence-electron chi connectivity index (χ2n) is 17.8. The van der Waals surface area contributed by atoms with Gasteiger partial charge in [0.2, 0.25) is 23.7 Å². The zero-order valence-electron chi connectivity index (χ0n) is 39.9. The molecular weight excluding hydrogens is 956 g/mol. The summed E-state index contributed by atoms with van der Waals surface area (Å²) < 4.78 is 43.2. The summed E-state index contributed by atoms with van der Waals surface area (Å²) in [7, 11) is -1.97. The molecule has 1 unspecified atom stereocenters. The second-order valence-corrected chi connectivity index (χ2v) is 20.7. The van der Waals surface area contributed by atoms with Gasteiger partial charge in [-0.05, 0) is 69.5 Å². The number of fused-ring (bicyclic) bond motifs is 1. The molecule has 0 radical (unpaired) electrons. The molecule has 4 N–H and O–H groups in total. The van der Waals surface area contributed by atoms with E-state index in [9.17, 15) is 32.4 Å². The number of sulfone groups is 1. The molecular formula is C49H59ClN10O10S. The smallest absolute Gasteiger partial charge is 0.264 e. The van der Waals surface area contributed by atoms with E-state index in [4.69, 9.17) is 25.8 Å². The van der Waals surface area contributed by atoms with Crippen LogP contribution in [0, 0.1) is 0 Å². The van der Waals surface area contributed by atoms with Crippen molar-refractivity contribution in [1.29, 1.82) is 0 Å². The normalized spacial score (nSPS) is 17.9. The van der Waals surface area contributed by atoms with E-state index in [-0.39, 0.29) is 64.6 Å². The average Bonchev–Trinajstić information content (AvgIpc) is 3.63. The lowest BCUT2D eigenvalue weighted by Crippen LogP contribution is -2.54. The Hall–Kier alpha value is -6.39. The van der Waals surface area contributed by atoms with Gasteiger partial charge in [-0.25, -0.2) is 13.4 Å². The number of hydrogen-bond acceptors (Lipinski definition) is 17. The monoisotopic (exact) mass is 1010 g/mol. The van der Waals surface area contributed by atoms with Crippen molar-refractivity contribution in [3.05, 3.63) is 83.0 Å². The zero-order valence-corrected chi connectivity index (χ0v) is 41.5. The summed E-state index contributed by atoms with van der Waals surface area (Å²) in [5.74, 6) is -1.07. The number of anilines is 6. The van der Waals surface area contributed by atoms with Gasteiger partial charge in [0.15, 0.2) is 15.7 Å². The number of rotatable bonds is 20. The van der Waals surface area contributed by atoms with Gasteiger partial charge in [-0.3, -0.25) is 39.1 Å². The van der Waals surface area contributed by atoms with Gasteiger partial charge in [0, 0.05) is 75.7 Å². The highest BCUT2D eigenvalue weighted by molar-refractivity contribution is 7.92. The van der Waals surface area contributed by atoms with E-state index in [2.05, 4.69) is 41.0 Å². The number of para-hydroxylation sites is 1. The van der Waals surface area contributed by atoms with Gasteiger partial charge >= 0.3 is 0 Å². The van der Waals surface area contributed by atoms with Crippen LogP contribution in [0.25, 0.3) is 0 Å². The molecule has 3 aromatic carbocycles. The number of amides is 5. The summed E-state index contributed by atoms with van der Waals surface area (Å²) in [6.45, 7) is 9.52. The minimum atomic E-state index is -3.58. The molecule has 20 nitrogen and oxygen atoms in total. The van der Waals surface area contributed by atoms with Crippen LogP contribution in [0.2, 0.25) is 5.02 Å². The zero-order chi connectivity index (χ0) is 50.2. The van der Waals surface area contributed by atoms with Crippen LogP contribution in [0.15, 0.2) is 71.8 Å². The Morgan fingerprint density at radius 2 is 1.58 bits per heavy atom. The van der Waals surface area contributed by atoms with Gasteiger partial charge in [-0.15, -0.1) is 0 Å². The first-order valence-corrected chi connectivity index (χ1v) is 25.7. The number of carbonyl (C=O) groups is 5. The minimum Gasteiger partial charge on any atom is -0.494 e. The third-order valence-corrected chi connectivity index (χ3v) is 15.6. The average molecular weight is 1020 g/mol. The van der Waals surface area contributed by atoms with Crippen LogP contribution in [0.5, 0.6) is 5.75 Å². The van der Waals surface area contributed by atoms with Gasteiger partial charge in [0.25, 0.3) is 11.8 Å². The largest absolute Gasteiger partial charge is 0.494 e. The Bertz CT molecular complexity index is 2750. The van der Waals surface area contributed by atoms with Crippen molar-refractivity contribution in [3.8, 4) is 5.75 Å². The number of imide groups is 2. The highest BCUT2D eigenvalue weighted by atomic mass is 35.5. The maximum atomic E-state index is 13.3. The molecule has 4 aliphatic heterocycles. The molecule has 0 bridgehead atoms. The lowest BCUT2D eigenvalue weighted by molar-refractivity contribution is -0.136. The molecule has 5 heterocycles. The maximum Gasteiger partial charge on any atom is 0.264 e. The van der Waals surface area contributed by atoms with Crippen LogP contribution in [-0.2, 0) is 33.7 Å². The number of halogens is 1. The fraction of sp³-hybridized carbons (Fsp3) is 0.449. The van der Waals surface area contributed by atoms with Crippen molar-refractivity contribution in [2.24, 2.45) is 0 Å². The second kappa shape index (κ2) is 22.8. The molecule has 0 spiro atoms. The standard InChI is InChI=1S/C49H59ClN10O10S/c1-31(2)71(66,67)41-10-5-4-8-37(41)53-45-35(50)30-52-49(56-45)54-36-12-11-33(29-40(36)68-3)57-19-15-32(16-20-57)58-21-23-59(24-22-58)43(62)17-25-69-27-28-70-26-18-51-38-9-6-7-34-44(38)48(65)60(47(34)64)39-13-14-42(61)55-46(39)63/h4-12,29-32,39,51H,13-28H2,1-3H3,(H,55,61,63)(H2,52,53,54,56). The van der Waals surface area contributed by atoms with Crippen molar-refractivity contribution in [2.75, 3.05) is 100 Å². The van der Waals surface area contributed by atoms with E-state index < -0.39 is 44.8 Å². The van der Waals surface area contributed by atoms with Crippen molar-refractivity contribution in [2.45, 2.75) is 68.2 Å². The van der Waals surface area contributed by atoms with Crippen molar-refractivity contribution < 1.29 is 46.6 Å². The Labute approximate surface area is 417 Å². The highest BCUT2D eigenvalue weighted by Crippen LogP contribution is 2.36. The molecule has 4 aliphatic rings. The number of nitrogens with zero attached hydrogens (tertiary/aromatic N) is 6. The van der Waals surface area contributed by atoms with Crippen LogP contribution in [0.4, 0.5) is 34.5 Å². The van der Waals surface area contributed by atoms with Gasteiger partial charge < -0.3 is 40.0 Å². The van der Waals surface area contributed by atoms with Gasteiger partial charge in [0.05, 0.1) is 78.8 Å². The number of aromatic nitrogens is 2. The molecule has 8 rings (SSSR count). The molecule has 0 aliphatic carbocycles. The van der Waals surface area contributed by atoms with Gasteiger partial charge in [-0.2, -0.15) is 4.98 Å². The van der Waals surface area contributed by atoms with Crippen LogP contribution < -0.4 is 30.9 Å². The van der Waals surface area contributed by atoms with Crippen LogP contribution in [-0.4, -0.2) is 159 Å². The summed E-state index contributed by atoms with van der Waals surface area (Å²) in [6.07, 6.45) is 3.83. The minimum absolute atomic E-state index is 0.0495. The molecule has 4 aromatic rings. The molecule has 71 heavy (non-hydrogen) atoms. The van der Waals surface area contributed by atoms with Crippen LogP contribution in [0.3, 0.4) is 0 Å². The fourth-order valence-electron chi connectivity index (χ4n) is 9.20. The number of methoxy groups -OCH3 is 1. The third kappa shape index (κ3) is 11.7. The van der Waals surface area contributed by atoms with E-state index in [1.165, 1.54) is 6.20 Å². The molecule has 1 aromatic heterocycles. The van der Waals surface area contributed by atoms with E-state index in [0.717, 1.165) is 49.6 Å². The Morgan fingerprint density at radius 3 is 2.31 bits per heavy atom. The van der Waals surface area contributed by atoms with E-state index in [1.807, 2.05) is 23.1 Å². The summed E-state index contributed by atoms with van der Waals surface area (Å²) in [6, 6.07) is 16.9. The lowest BCUT2D eigenvalue weighted by atomic mass is 10.0. The van der Waals surface area contributed by atoms with E-state index >= 15 is 0 Å². The lowest BCUT2D eigenvalue weighted by Gasteiger charge is -2.43. The number of hydrogen-bond donors (Lipinski definition) is 4. The summed E-state index contributed by atoms with van der Waals surface area (Å²) in [4.78, 5) is 80.2. The van der Waals surface area contributed by atoms with Crippen molar-refractivity contribution in [3.63, 3.8) is 0 Å². The van der Waals surface area contributed by atoms with Crippen LogP contribution in [0.1, 0.15) is 66.7 Å². The predicted octanol–water partition coefficient (Wildman–Crippen LogP) is 4.86.